The second kappa shape index (κ2) is 3.95. The number of nitro groups is 2. The van der Waals surface area contributed by atoms with Gasteiger partial charge in [0.05, 0.1) is 15.1 Å². The second-order valence-corrected chi connectivity index (χ2v) is 4.27. The Morgan fingerprint density at radius 3 is 2.45 bits per heavy atom. The Balaban J connectivity index is 2.49. The molecule has 0 bridgehead atoms. The zero-order valence-corrected chi connectivity index (χ0v) is 9.90. The highest BCUT2D eigenvalue weighted by Crippen LogP contribution is 2.26. The second-order valence-electron chi connectivity index (χ2n) is 4.27. The monoisotopic (exact) mass is 270 g/mol. The molecule has 0 amide bonds. The van der Waals surface area contributed by atoms with Crippen LogP contribution in [0.3, 0.4) is 0 Å². The first-order chi connectivity index (χ1) is 9.50. The average Bonchev–Trinajstić information content (AvgIpc) is 2.76. The number of hydrogen-bond donors (Lipinski definition) is 0. The lowest BCUT2D eigenvalue weighted by molar-refractivity contribution is -0.423. The molecule has 3 rings (SSSR count). The molecular formula is C13H6N2O5. The van der Waals surface area contributed by atoms with Crippen LogP contribution in [0.1, 0.15) is 0 Å². The minimum atomic E-state index is -0.798. The van der Waals surface area contributed by atoms with Gasteiger partial charge in [-0.05, 0) is 23.8 Å². The molecular weight excluding hydrogens is 264 g/mol. The first-order valence-corrected chi connectivity index (χ1v) is 5.61. The van der Waals surface area contributed by atoms with Crippen molar-refractivity contribution < 1.29 is 14.6 Å². The van der Waals surface area contributed by atoms with E-state index in [1.807, 2.05) is 0 Å². The maximum Gasteiger partial charge on any atom is 0.353 e. The summed E-state index contributed by atoms with van der Waals surface area (Å²) < 4.78 is 0. The van der Waals surface area contributed by atoms with Crippen molar-refractivity contribution in [3.8, 4) is 0 Å². The van der Waals surface area contributed by atoms with Crippen LogP contribution in [0.15, 0.2) is 35.9 Å². The molecule has 0 saturated carbocycles. The van der Waals surface area contributed by atoms with E-state index in [2.05, 4.69) is 0 Å². The summed E-state index contributed by atoms with van der Waals surface area (Å²) in [5.41, 5.74) is -0.273. The number of allylic oxidation sites excluding steroid dienone is 4. The van der Waals surface area contributed by atoms with Gasteiger partial charge in [0, 0.05) is 16.9 Å². The molecule has 0 spiro atoms. The summed E-state index contributed by atoms with van der Waals surface area (Å²) in [6.45, 7) is 0. The summed E-state index contributed by atoms with van der Waals surface area (Å²) in [6, 6.07) is 2.44. The van der Waals surface area contributed by atoms with E-state index in [0.717, 1.165) is 6.07 Å². The van der Waals surface area contributed by atoms with Gasteiger partial charge in [-0.25, -0.2) is 0 Å². The Morgan fingerprint density at radius 2 is 1.80 bits per heavy atom. The molecule has 98 valence electrons. The summed E-state index contributed by atoms with van der Waals surface area (Å²) in [5, 5.41) is 22.5. The van der Waals surface area contributed by atoms with Gasteiger partial charge in [0.2, 0.25) is 0 Å². The predicted octanol–water partition coefficient (Wildman–Crippen LogP) is 0.513. The van der Waals surface area contributed by atoms with E-state index in [0.29, 0.717) is 16.4 Å². The lowest BCUT2D eigenvalue weighted by atomic mass is 9.99. The van der Waals surface area contributed by atoms with Crippen LogP contribution in [0.25, 0.3) is 11.6 Å². The molecule has 7 nitrogen and oxygen atoms in total. The third-order valence-electron chi connectivity index (χ3n) is 3.20. The summed E-state index contributed by atoms with van der Waals surface area (Å²) in [7, 11) is 0. The molecule has 7 heteroatoms. The molecule has 2 aliphatic carbocycles. The molecule has 1 aromatic rings. The van der Waals surface area contributed by atoms with Gasteiger partial charge in [-0.2, -0.15) is 0 Å². The normalized spacial score (nSPS) is 15.3. The number of fused-ring (bicyclic) bond motifs is 2. The smallest absolute Gasteiger partial charge is 0.289 e. The third-order valence-corrected chi connectivity index (χ3v) is 3.20. The molecule has 0 saturated heterocycles. The Bertz CT molecular complexity index is 877. The third kappa shape index (κ3) is 1.50. The summed E-state index contributed by atoms with van der Waals surface area (Å²) >= 11 is 0. The van der Waals surface area contributed by atoms with Crippen LogP contribution < -0.4 is 10.4 Å². The number of carbonyl (C=O) groups is 1. The molecule has 0 aromatic heterocycles. The van der Waals surface area contributed by atoms with E-state index >= 15 is 0 Å². The minimum Gasteiger partial charge on any atom is -0.289 e. The fourth-order valence-corrected chi connectivity index (χ4v) is 2.41. The van der Waals surface area contributed by atoms with Gasteiger partial charge in [0.1, 0.15) is 0 Å². The van der Waals surface area contributed by atoms with Crippen LogP contribution in [0, 0.1) is 20.2 Å². The number of nitro benzene ring substituents is 2. The molecule has 0 aliphatic heterocycles. The Kier molecular flexibility index (Phi) is 2.37. The molecule has 0 atom stereocenters. The molecule has 0 radical (unpaired) electrons. The van der Waals surface area contributed by atoms with E-state index in [4.69, 9.17) is 0 Å². The number of benzene rings is 1. The van der Waals surface area contributed by atoms with Gasteiger partial charge in [-0.15, -0.1) is 0 Å². The lowest BCUT2D eigenvalue weighted by Gasteiger charge is -2.03. The van der Waals surface area contributed by atoms with E-state index in [9.17, 15) is 25.0 Å². The standard InChI is InChI=1S/C13H6N2O5/c16-11-3-1-2-7-6-9-8(12(7)11)4-5-10(14(17)18)13(9)15(19)20/h1-6H. The highest BCUT2D eigenvalue weighted by atomic mass is 16.6. The number of hydrogen-bond acceptors (Lipinski definition) is 5. The molecule has 1 aromatic carbocycles. The van der Waals surface area contributed by atoms with E-state index in [1.165, 1.54) is 18.2 Å². The van der Waals surface area contributed by atoms with Crippen molar-refractivity contribution in [2.45, 2.75) is 0 Å². The van der Waals surface area contributed by atoms with Gasteiger partial charge in [0.25, 0.3) is 0 Å². The van der Waals surface area contributed by atoms with Gasteiger partial charge in [0.15, 0.2) is 5.78 Å². The SMILES string of the molecule is O=C1C=CC=C2C=c3c([N+](=O)[O-])c([N+](=O)[O-])ccc3=C12. The fourth-order valence-electron chi connectivity index (χ4n) is 2.41. The quantitative estimate of drug-likeness (QED) is 0.575. The van der Waals surface area contributed by atoms with Crippen molar-refractivity contribution in [3.05, 3.63) is 66.6 Å². The predicted molar refractivity (Wildman–Crippen MR) is 69.1 cm³/mol. The van der Waals surface area contributed by atoms with Crippen molar-refractivity contribution >= 4 is 28.8 Å². The van der Waals surface area contributed by atoms with Gasteiger partial charge in [-0.1, -0.05) is 12.2 Å². The van der Waals surface area contributed by atoms with Crippen LogP contribution in [0.2, 0.25) is 0 Å². The Labute approximate surface area is 111 Å². The molecule has 0 fully saturated rings. The molecule has 0 unspecified atom stereocenters. The Morgan fingerprint density at radius 1 is 1.05 bits per heavy atom. The average molecular weight is 270 g/mol. The van der Waals surface area contributed by atoms with Crippen molar-refractivity contribution in [1.82, 2.24) is 0 Å². The van der Waals surface area contributed by atoms with E-state index in [-0.39, 0.29) is 11.0 Å². The maximum atomic E-state index is 11.9. The summed E-state index contributed by atoms with van der Waals surface area (Å²) in [4.78, 5) is 32.3. The van der Waals surface area contributed by atoms with Crippen LogP contribution >= 0.6 is 0 Å². The fraction of sp³-hybridized carbons (Fsp3) is 0. The summed E-state index contributed by atoms with van der Waals surface area (Å²) in [5.74, 6) is -0.263. The maximum absolute atomic E-state index is 11.9. The zero-order valence-electron chi connectivity index (χ0n) is 9.90. The molecule has 2 aliphatic rings. The topological polar surface area (TPSA) is 103 Å². The lowest BCUT2D eigenvalue weighted by Crippen LogP contribution is -2.28. The zero-order chi connectivity index (χ0) is 14.4. The first-order valence-electron chi connectivity index (χ1n) is 5.61. The number of nitrogens with zero attached hydrogens (tertiary/aromatic N) is 2. The number of rotatable bonds is 2. The van der Waals surface area contributed by atoms with E-state index in [1.54, 1.807) is 12.2 Å². The van der Waals surface area contributed by atoms with Crippen molar-refractivity contribution in [2.75, 3.05) is 0 Å². The van der Waals surface area contributed by atoms with Crippen molar-refractivity contribution in [2.24, 2.45) is 0 Å². The van der Waals surface area contributed by atoms with Gasteiger partial charge < -0.3 is 0 Å². The highest BCUT2D eigenvalue weighted by molar-refractivity contribution is 6.29. The first kappa shape index (κ1) is 12.0. The van der Waals surface area contributed by atoms with Crippen LogP contribution in [0.5, 0.6) is 0 Å². The largest absolute Gasteiger partial charge is 0.353 e. The van der Waals surface area contributed by atoms with Crippen LogP contribution in [0.4, 0.5) is 11.4 Å². The molecule has 0 N–H and O–H groups in total. The number of carbonyl (C=O) groups excluding carboxylic acids is 1. The van der Waals surface area contributed by atoms with Crippen LogP contribution in [-0.2, 0) is 4.79 Å². The minimum absolute atomic E-state index is 0.113. The van der Waals surface area contributed by atoms with Crippen LogP contribution in [-0.4, -0.2) is 15.6 Å². The number of ketones is 1. The Hall–Kier alpha value is -3.09. The van der Waals surface area contributed by atoms with Gasteiger partial charge >= 0.3 is 11.4 Å². The molecule has 20 heavy (non-hydrogen) atoms. The van der Waals surface area contributed by atoms with E-state index < -0.39 is 21.2 Å². The van der Waals surface area contributed by atoms with Crippen molar-refractivity contribution in [3.63, 3.8) is 0 Å². The highest BCUT2D eigenvalue weighted by Gasteiger charge is 2.30. The van der Waals surface area contributed by atoms with Gasteiger partial charge in [-0.3, -0.25) is 25.0 Å². The summed E-state index contributed by atoms with van der Waals surface area (Å²) in [6.07, 6.45) is 5.99. The van der Waals surface area contributed by atoms with Crippen molar-refractivity contribution in [1.29, 1.82) is 0 Å². The molecule has 0 heterocycles.